The third-order valence-corrected chi connectivity index (χ3v) is 3.27. The normalized spacial score (nSPS) is 12.4. The van der Waals surface area contributed by atoms with Gasteiger partial charge in [0.25, 0.3) is 0 Å². The average molecular weight is 246 g/mol. The van der Waals surface area contributed by atoms with Crippen LogP contribution in [0.2, 0.25) is 0 Å². The van der Waals surface area contributed by atoms with E-state index >= 15 is 0 Å². The summed E-state index contributed by atoms with van der Waals surface area (Å²) in [5, 5.41) is 2.91. The van der Waals surface area contributed by atoms with E-state index in [9.17, 15) is 4.79 Å². The molecule has 0 aliphatic heterocycles. The van der Waals surface area contributed by atoms with Crippen LogP contribution in [0, 0.1) is 0 Å². The van der Waals surface area contributed by atoms with Crippen LogP contribution >= 0.6 is 11.8 Å². The standard InChI is InChI=1S/C12H26N2OS/c1-3-11(13)10-12(15)14-8-6-4-5-7-9-16-2/h11H,3-10,13H2,1-2H3,(H,14,15). The fourth-order valence-corrected chi connectivity index (χ4v) is 1.90. The van der Waals surface area contributed by atoms with Crippen molar-refractivity contribution in [3.8, 4) is 0 Å². The number of thioether (sulfide) groups is 1. The van der Waals surface area contributed by atoms with Crippen LogP contribution in [-0.2, 0) is 4.79 Å². The van der Waals surface area contributed by atoms with Crippen LogP contribution in [0.1, 0.15) is 45.4 Å². The minimum Gasteiger partial charge on any atom is -0.356 e. The van der Waals surface area contributed by atoms with Crippen LogP contribution in [0.15, 0.2) is 0 Å². The van der Waals surface area contributed by atoms with Gasteiger partial charge in [-0.25, -0.2) is 0 Å². The van der Waals surface area contributed by atoms with Crippen molar-refractivity contribution in [3.05, 3.63) is 0 Å². The first kappa shape index (κ1) is 15.8. The molecule has 0 bridgehead atoms. The van der Waals surface area contributed by atoms with Crippen LogP contribution in [0.5, 0.6) is 0 Å². The SMILES string of the molecule is CCC(N)CC(=O)NCCCCCCSC. The van der Waals surface area contributed by atoms with E-state index in [0.717, 1.165) is 19.4 Å². The van der Waals surface area contributed by atoms with E-state index in [0.29, 0.717) is 6.42 Å². The van der Waals surface area contributed by atoms with Gasteiger partial charge in [0.1, 0.15) is 0 Å². The second-order valence-electron chi connectivity index (χ2n) is 4.13. The van der Waals surface area contributed by atoms with Gasteiger partial charge in [-0.3, -0.25) is 4.79 Å². The monoisotopic (exact) mass is 246 g/mol. The minimum absolute atomic E-state index is 0.0154. The molecule has 1 atom stereocenters. The molecule has 0 fully saturated rings. The van der Waals surface area contributed by atoms with Crippen molar-refractivity contribution >= 4 is 17.7 Å². The number of hydrogen-bond donors (Lipinski definition) is 2. The summed E-state index contributed by atoms with van der Waals surface area (Å²) < 4.78 is 0. The highest BCUT2D eigenvalue weighted by Gasteiger charge is 2.06. The van der Waals surface area contributed by atoms with E-state index in [2.05, 4.69) is 11.6 Å². The van der Waals surface area contributed by atoms with Gasteiger partial charge in [0.05, 0.1) is 0 Å². The van der Waals surface area contributed by atoms with Crippen molar-refractivity contribution in [3.63, 3.8) is 0 Å². The van der Waals surface area contributed by atoms with Gasteiger partial charge in [0.15, 0.2) is 0 Å². The lowest BCUT2D eigenvalue weighted by Gasteiger charge is -2.09. The maximum Gasteiger partial charge on any atom is 0.221 e. The number of carbonyl (C=O) groups excluding carboxylic acids is 1. The van der Waals surface area contributed by atoms with E-state index in [1.54, 1.807) is 0 Å². The number of rotatable bonds is 10. The number of nitrogens with two attached hydrogens (primary N) is 1. The van der Waals surface area contributed by atoms with Crippen LogP contribution in [-0.4, -0.2) is 30.5 Å². The first-order valence-electron chi connectivity index (χ1n) is 6.22. The van der Waals surface area contributed by atoms with Crippen molar-refractivity contribution in [2.45, 2.75) is 51.5 Å². The van der Waals surface area contributed by atoms with Gasteiger partial charge in [-0.2, -0.15) is 11.8 Å². The lowest BCUT2D eigenvalue weighted by atomic mass is 10.1. The molecule has 3 nitrogen and oxygen atoms in total. The molecule has 0 aromatic rings. The maximum absolute atomic E-state index is 11.4. The number of amides is 1. The lowest BCUT2D eigenvalue weighted by molar-refractivity contribution is -0.121. The van der Waals surface area contributed by atoms with Gasteiger partial charge in [0.2, 0.25) is 5.91 Å². The fourth-order valence-electron chi connectivity index (χ4n) is 1.41. The molecule has 0 saturated heterocycles. The molecule has 3 N–H and O–H groups in total. The third kappa shape index (κ3) is 10.3. The van der Waals surface area contributed by atoms with Gasteiger partial charge in [0, 0.05) is 19.0 Å². The predicted octanol–water partition coefficient (Wildman–Crippen LogP) is 2.15. The Morgan fingerprint density at radius 2 is 2.00 bits per heavy atom. The van der Waals surface area contributed by atoms with Crippen molar-refractivity contribution < 1.29 is 4.79 Å². The lowest BCUT2D eigenvalue weighted by Crippen LogP contribution is -2.31. The Morgan fingerprint density at radius 3 is 2.62 bits per heavy atom. The molecule has 1 amide bonds. The number of hydrogen-bond acceptors (Lipinski definition) is 3. The molecule has 0 heterocycles. The Labute approximate surface area is 104 Å². The van der Waals surface area contributed by atoms with Gasteiger partial charge in [-0.05, 0) is 31.3 Å². The van der Waals surface area contributed by atoms with E-state index in [-0.39, 0.29) is 11.9 Å². The highest BCUT2D eigenvalue weighted by atomic mass is 32.2. The smallest absolute Gasteiger partial charge is 0.221 e. The van der Waals surface area contributed by atoms with Crippen LogP contribution in [0.3, 0.4) is 0 Å². The molecule has 0 aliphatic carbocycles. The molecule has 96 valence electrons. The minimum atomic E-state index is 0.0154. The van der Waals surface area contributed by atoms with Crippen LogP contribution in [0.4, 0.5) is 0 Å². The zero-order chi connectivity index (χ0) is 12.2. The molecule has 0 spiro atoms. The van der Waals surface area contributed by atoms with Crippen molar-refractivity contribution in [1.29, 1.82) is 0 Å². The Bertz CT molecular complexity index is 176. The van der Waals surface area contributed by atoms with Crippen LogP contribution in [0.25, 0.3) is 0 Å². The molecule has 0 rings (SSSR count). The molecular weight excluding hydrogens is 220 g/mol. The number of nitrogens with one attached hydrogen (secondary N) is 1. The molecule has 0 aliphatic rings. The van der Waals surface area contributed by atoms with Gasteiger partial charge in [-0.1, -0.05) is 19.8 Å². The van der Waals surface area contributed by atoms with Crippen LogP contribution < -0.4 is 11.1 Å². The highest BCUT2D eigenvalue weighted by Crippen LogP contribution is 2.03. The Kier molecular flexibility index (Phi) is 11.1. The Morgan fingerprint density at radius 1 is 1.31 bits per heavy atom. The summed E-state index contributed by atoms with van der Waals surface area (Å²) in [5.74, 6) is 1.34. The molecule has 0 saturated carbocycles. The zero-order valence-corrected chi connectivity index (χ0v) is 11.4. The van der Waals surface area contributed by atoms with E-state index in [4.69, 9.17) is 5.73 Å². The molecular formula is C12H26N2OS. The zero-order valence-electron chi connectivity index (χ0n) is 10.6. The molecule has 1 unspecified atom stereocenters. The van der Waals surface area contributed by atoms with Crippen molar-refractivity contribution in [2.24, 2.45) is 5.73 Å². The second-order valence-corrected chi connectivity index (χ2v) is 5.12. The number of carbonyl (C=O) groups is 1. The molecule has 0 aromatic carbocycles. The van der Waals surface area contributed by atoms with E-state index in [1.807, 2.05) is 18.7 Å². The summed E-state index contributed by atoms with van der Waals surface area (Å²) in [6, 6.07) is 0.0154. The molecule has 0 radical (unpaired) electrons. The van der Waals surface area contributed by atoms with E-state index in [1.165, 1.54) is 25.0 Å². The first-order chi connectivity index (χ1) is 7.70. The summed E-state index contributed by atoms with van der Waals surface area (Å²) in [7, 11) is 0. The quantitative estimate of drug-likeness (QED) is 0.581. The molecule has 4 heteroatoms. The Balaban J connectivity index is 3.21. The second kappa shape index (κ2) is 11.3. The third-order valence-electron chi connectivity index (χ3n) is 2.57. The highest BCUT2D eigenvalue weighted by molar-refractivity contribution is 7.98. The van der Waals surface area contributed by atoms with Crippen molar-refractivity contribution in [1.82, 2.24) is 5.32 Å². The van der Waals surface area contributed by atoms with Gasteiger partial charge in [-0.15, -0.1) is 0 Å². The molecule has 16 heavy (non-hydrogen) atoms. The molecule has 0 aromatic heterocycles. The Hall–Kier alpha value is -0.220. The van der Waals surface area contributed by atoms with Crippen molar-refractivity contribution in [2.75, 3.05) is 18.6 Å². The summed E-state index contributed by atoms with van der Waals surface area (Å²) in [5.41, 5.74) is 5.70. The number of unbranched alkanes of at least 4 members (excludes halogenated alkanes) is 3. The topological polar surface area (TPSA) is 55.1 Å². The maximum atomic E-state index is 11.4. The summed E-state index contributed by atoms with van der Waals surface area (Å²) >= 11 is 1.90. The summed E-state index contributed by atoms with van der Waals surface area (Å²) in [6.07, 6.45) is 8.31. The summed E-state index contributed by atoms with van der Waals surface area (Å²) in [4.78, 5) is 11.4. The largest absolute Gasteiger partial charge is 0.356 e. The average Bonchev–Trinajstić information content (AvgIpc) is 2.27. The van der Waals surface area contributed by atoms with E-state index < -0.39 is 0 Å². The predicted molar refractivity (Wildman–Crippen MR) is 72.7 cm³/mol. The van der Waals surface area contributed by atoms with Gasteiger partial charge >= 0.3 is 0 Å². The first-order valence-corrected chi connectivity index (χ1v) is 7.61. The fraction of sp³-hybridized carbons (Fsp3) is 0.917. The summed E-state index contributed by atoms with van der Waals surface area (Å²) in [6.45, 7) is 2.80. The van der Waals surface area contributed by atoms with Gasteiger partial charge < -0.3 is 11.1 Å².